The van der Waals surface area contributed by atoms with E-state index in [1.807, 2.05) is 12.1 Å². The number of hydrogen-bond donors (Lipinski definition) is 2. The Bertz CT molecular complexity index is 554. The van der Waals surface area contributed by atoms with Gasteiger partial charge in [0.2, 0.25) is 0 Å². The van der Waals surface area contributed by atoms with Crippen LogP contribution >= 0.6 is 0 Å². The molecule has 86 valence electrons. The molecular weight excluding hydrogens is 216 g/mol. The molecule has 1 aromatic carbocycles. The molecule has 17 heavy (non-hydrogen) atoms. The van der Waals surface area contributed by atoms with E-state index in [2.05, 4.69) is 15.5 Å². The molecule has 0 saturated carbocycles. The molecule has 0 saturated heterocycles. The normalized spacial score (nSPS) is 9.94. The molecule has 0 spiro atoms. The van der Waals surface area contributed by atoms with Crippen molar-refractivity contribution in [3.8, 4) is 11.1 Å². The molecule has 0 aliphatic heterocycles. The number of nitrogen functional groups attached to an aromatic ring is 1. The number of nitrogens with zero attached hydrogens (tertiary/aromatic N) is 2. The minimum absolute atomic E-state index is 0.123. The van der Waals surface area contributed by atoms with Crippen LogP contribution in [-0.2, 0) is 0 Å². The van der Waals surface area contributed by atoms with Crippen molar-refractivity contribution < 1.29 is 4.79 Å². The average molecular weight is 228 g/mol. The molecule has 2 aromatic rings. The molecule has 0 aliphatic rings. The Balaban J connectivity index is 2.43. The van der Waals surface area contributed by atoms with Crippen molar-refractivity contribution in [3.63, 3.8) is 0 Å². The van der Waals surface area contributed by atoms with Gasteiger partial charge in [0.15, 0.2) is 0 Å². The van der Waals surface area contributed by atoms with Gasteiger partial charge in [0.25, 0.3) is 5.91 Å². The fourth-order valence-corrected chi connectivity index (χ4v) is 1.53. The van der Waals surface area contributed by atoms with E-state index in [1.54, 1.807) is 31.4 Å². The van der Waals surface area contributed by atoms with Crippen molar-refractivity contribution in [2.45, 2.75) is 0 Å². The third-order valence-electron chi connectivity index (χ3n) is 2.36. The van der Waals surface area contributed by atoms with E-state index in [1.165, 1.54) is 0 Å². The van der Waals surface area contributed by atoms with Gasteiger partial charge in [0.1, 0.15) is 5.82 Å². The van der Waals surface area contributed by atoms with Crippen LogP contribution in [0.2, 0.25) is 0 Å². The van der Waals surface area contributed by atoms with Crippen LogP contribution in [0.4, 0.5) is 5.82 Å². The van der Waals surface area contributed by atoms with Crippen molar-refractivity contribution in [2.24, 2.45) is 0 Å². The van der Waals surface area contributed by atoms with Crippen LogP contribution in [0.3, 0.4) is 0 Å². The van der Waals surface area contributed by atoms with Gasteiger partial charge in [-0.05, 0) is 23.8 Å². The fourth-order valence-electron chi connectivity index (χ4n) is 1.53. The van der Waals surface area contributed by atoms with E-state index in [-0.39, 0.29) is 5.91 Å². The molecule has 0 bridgehead atoms. The first-order valence-corrected chi connectivity index (χ1v) is 5.11. The van der Waals surface area contributed by atoms with E-state index in [0.717, 1.165) is 11.1 Å². The summed E-state index contributed by atoms with van der Waals surface area (Å²) in [5.41, 5.74) is 7.88. The second-order valence-corrected chi connectivity index (χ2v) is 3.53. The van der Waals surface area contributed by atoms with Crippen LogP contribution in [0.5, 0.6) is 0 Å². The topological polar surface area (TPSA) is 80.9 Å². The smallest absolute Gasteiger partial charge is 0.251 e. The number of anilines is 1. The van der Waals surface area contributed by atoms with Gasteiger partial charge in [0.05, 0.1) is 6.20 Å². The van der Waals surface area contributed by atoms with Crippen LogP contribution in [-0.4, -0.2) is 23.2 Å². The summed E-state index contributed by atoms with van der Waals surface area (Å²) in [4.78, 5) is 11.5. The van der Waals surface area contributed by atoms with Crippen molar-refractivity contribution >= 4 is 11.7 Å². The Morgan fingerprint density at radius 1 is 1.29 bits per heavy atom. The predicted octanol–water partition coefficient (Wildman–Crippen LogP) is 1.09. The molecule has 0 radical (unpaired) electrons. The molecule has 3 N–H and O–H groups in total. The quantitative estimate of drug-likeness (QED) is 0.806. The summed E-state index contributed by atoms with van der Waals surface area (Å²) < 4.78 is 0. The van der Waals surface area contributed by atoms with E-state index < -0.39 is 0 Å². The van der Waals surface area contributed by atoms with Crippen molar-refractivity contribution in [1.29, 1.82) is 0 Å². The Kier molecular flexibility index (Phi) is 3.00. The third kappa shape index (κ3) is 2.39. The number of benzene rings is 1. The maximum atomic E-state index is 11.5. The molecule has 2 rings (SSSR count). The highest BCUT2D eigenvalue weighted by Crippen LogP contribution is 2.20. The highest BCUT2D eigenvalue weighted by Gasteiger charge is 2.05. The summed E-state index contributed by atoms with van der Waals surface area (Å²) in [7, 11) is 1.60. The van der Waals surface area contributed by atoms with Crippen LogP contribution in [0, 0.1) is 0 Å². The molecule has 0 aliphatic carbocycles. The van der Waals surface area contributed by atoms with Gasteiger partial charge in [-0.25, -0.2) is 0 Å². The number of nitrogens with one attached hydrogen (secondary N) is 1. The first kappa shape index (κ1) is 11.1. The number of carbonyl (C=O) groups is 1. The standard InChI is InChI=1S/C12H12N4O/c1-14-12(17)9-4-2-3-8(5-9)10-6-11(13)16-15-7-10/h2-7H,1H3,(H2,13,16)(H,14,17). The SMILES string of the molecule is CNC(=O)c1cccc(-c2cnnc(N)c2)c1. The summed E-state index contributed by atoms with van der Waals surface area (Å²) in [6, 6.07) is 8.96. The minimum Gasteiger partial charge on any atom is -0.382 e. The minimum atomic E-state index is -0.123. The maximum Gasteiger partial charge on any atom is 0.251 e. The molecule has 0 atom stereocenters. The van der Waals surface area contributed by atoms with Crippen LogP contribution < -0.4 is 11.1 Å². The Labute approximate surface area is 98.7 Å². The van der Waals surface area contributed by atoms with Gasteiger partial charge in [-0.2, -0.15) is 5.10 Å². The number of aromatic nitrogens is 2. The number of rotatable bonds is 2. The fraction of sp³-hybridized carbons (Fsp3) is 0.0833. The Hall–Kier alpha value is -2.43. The van der Waals surface area contributed by atoms with Gasteiger partial charge < -0.3 is 11.1 Å². The Morgan fingerprint density at radius 2 is 2.12 bits per heavy atom. The lowest BCUT2D eigenvalue weighted by molar-refractivity contribution is 0.0963. The van der Waals surface area contributed by atoms with Gasteiger partial charge in [0, 0.05) is 18.2 Å². The first-order chi connectivity index (χ1) is 8.20. The zero-order chi connectivity index (χ0) is 12.3. The molecule has 1 heterocycles. The molecule has 5 nitrogen and oxygen atoms in total. The maximum absolute atomic E-state index is 11.5. The van der Waals surface area contributed by atoms with Gasteiger partial charge >= 0.3 is 0 Å². The number of carbonyl (C=O) groups excluding carboxylic acids is 1. The molecule has 0 unspecified atom stereocenters. The summed E-state index contributed by atoms with van der Waals surface area (Å²) in [5.74, 6) is 0.231. The summed E-state index contributed by atoms with van der Waals surface area (Å²) in [6.45, 7) is 0. The lowest BCUT2D eigenvalue weighted by Gasteiger charge is -2.04. The lowest BCUT2D eigenvalue weighted by Crippen LogP contribution is -2.17. The number of amides is 1. The molecule has 1 amide bonds. The highest BCUT2D eigenvalue weighted by atomic mass is 16.1. The van der Waals surface area contributed by atoms with E-state index in [9.17, 15) is 4.79 Å². The van der Waals surface area contributed by atoms with Crippen LogP contribution in [0.15, 0.2) is 36.5 Å². The predicted molar refractivity (Wildman–Crippen MR) is 65.3 cm³/mol. The van der Waals surface area contributed by atoms with E-state index >= 15 is 0 Å². The number of hydrogen-bond acceptors (Lipinski definition) is 4. The second kappa shape index (κ2) is 4.61. The zero-order valence-electron chi connectivity index (χ0n) is 9.34. The summed E-state index contributed by atoms with van der Waals surface area (Å²) in [6.07, 6.45) is 1.61. The summed E-state index contributed by atoms with van der Waals surface area (Å²) in [5, 5.41) is 10.0. The largest absolute Gasteiger partial charge is 0.382 e. The van der Waals surface area contributed by atoms with Crippen LogP contribution in [0.25, 0.3) is 11.1 Å². The molecule has 1 aromatic heterocycles. The van der Waals surface area contributed by atoms with Gasteiger partial charge in [-0.3, -0.25) is 4.79 Å². The van der Waals surface area contributed by atoms with Crippen molar-refractivity contribution in [1.82, 2.24) is 15.5 Å². The molecular formula is C12H12N4O. The first-order valence-electron chi connectivity index (χ1n) is 5.11. The Morgan fingerprint density at radius 3 is 2.82 bits per heavy atom. The second-order valence-electron chi connectivity index (χ2n) is 3.53. The average Bonchev–Trinajstić information content (AvgIpc) is 2.38. The van der Waals surface area contributed by atoms with E-state index in [0.29, 0.717) is 11.4 Å². The lowest BCUT2D eigenvalue weighted by atomic mass is 10.0. The third-order valence-corrected chi connectivity index (χ3v) is 2.36. The zero-order valence-corrected chi connectivity index (χ0v) is 9.34. The molecule has 0 fully saturated rings. The summed E-state index contributed by atoms with van der Waals surface area (Å²) >= 11 is 0. The van der Waals surface area contributed by atoms with Crippen molar-refractivity contribution in [2.75, 3.05) is 12.8 Å². The van der Waals surface area contributed by atoms with Gasteiger partial charge in [-0.1, -0.05) is 12.1 Å². The number of nitrogens with two attached hydrogens (primary N) is 1. The van der Waals surface area contributed by atoms with E-state index in [4.69, 9.17) is 5.73 Å². The highest BCUT2D eigenvalue weighted by molar-refractivity contribution is 5.95. The van der Waals surface area contributed by atoms with Crippen LogP contribution in [0.1, 0.15) is 10.4 Å². The van der Waals surface area contributed by atoms with Crippen molar-refractivity contribution in [3.05, 3.63) is 42.1 Å². The van der Waals surface area contributed by atoms with Gasteiger partial charge in [-0.15, -0.1) is 5.10 Å². The molecule has 5 heteroatoms. The monoisotopic (exact) mass is 228 g/mol.